The number of aryl methyl sites for hydroxylation is 2. The number of ether oxygens (including phenoxy) is 2. The first-order valence-electron chi connectivity index (χ1n) is 10.0. The Bertz CT molecular complexity index is 741. The van der Waals surface area contributed by atoms with Gasteiger partial charge in [0.1, 0.15) is 6.61 Å². The number of pyridine rings is 1. The lowest BCUT2D eigenvalue weighted by molar-refractivity contribution is -0.0160. The van der Waals surface area contributed by atoms with Gasteiger partial charge in [-0.2, -0.15) is 0 Å². The number of fused-ring (bicyclic) bond motifs is 2. The maximum atomic E-state index is 6.05. The van der Waals surface area contributed by atoms with Gasteiger partial charge < -0.3 is 9.47 Å². The summed E-state index contributed by atoms with van der Waals surface area (Å²) < 4.78 is 11.8. The van der Waals surface area contributed by atoms with E-state index in [2.05, 4.69) is 33.2 Å². The van der Waals surface area contributed by atoms with Crippen LogP contribution in [0, 0.1) is 12.3 Å². The van der Waals surface area contributed by atoms with Gasteiger partial charge in [0.25, 0.3) is 0 Å². The zero-order valence-electron chi connectivity index (χ0n) is 16.2. The van der Waals surface area contributed by atoms with Crippen LogP contribution in [0.15, 0.2) is 23.6 Å². The Hall–Kier alpha value is -1.50. The average molecular weight is 388 g/mol. The van der Waals surface area contributed by atoms with Crippen LogP contribution in [0.4, 0.5) is 0 Å². The molecule has 0 amide bonds. The molecule has 0 unspecified atom stereocenters. The fourth-order valence-electron chi connectivity index (χ4n) is 4.18. The molecule has 2 aromatic rings. The molecule has 0 N–H and O–H groups in total. The van der Waals surface area contributed by atoms with Crippen molar-refractivity contribution in [1.29, 1.82) is 0 Å². The number of hydrogen-bond acceptors (Lipinski definition) is 6. The van der Waals surface area contributed by atoms with Crippen molar-refractivity contribution >= 4 is 11.3 Å². The number of likely N-dealkylation sites (tertiary alicyclic amines) is 1. The molecule has 2 aliphatic heterocycles. The molecule has 1 spiro atoms. The Morgan fingerprint density at radius 3 is 2.85 bits per heavy atom. The highest BCUT2D eigenvalue weighted by molar-refractivity contribution is 7.09. The molecule has 4 heterocycles. The van der Waals surface area contributed by atoms with Crippen LogP contribution in [-0.2, 0) is 17.7 Å². The van der Waals surface area contributed by atoms with Crippen LogP contribution in [0.3, 0.4) is 0 Å². The summed E-state index contributed by atoms with van der Waals surface area (Å²) in [5.41, 5.74) is 2.65. The first kappa shape index (κ1) is 18.8. The lowest BCUT2D eigenvalue weighted by atomic mass is 9.75. The summed E-state index contributed by atoms with van der Waals surface area (Å²) in [5, 5.41) is 3.35. The predicted molar refractivity (Wildman–Crippen MR) is 107 cm³/mol. The number of thiazole rings is 1. The largest absolute Gasteiger partial charge is 0.475 e. The first-order chi connectivity index (χ1) is 13.2. The van der Waals surface area contributed by atoms with E-state index in [0.29, 0.717) is 18.6 Å². The van der Waals surface area contributed by atoms with E-state index in [0.717, 1.165) is 55.7 Å². The number of hydrogen-bond donors (Lipinski definition) is 0. The number of aromatic nitrogens is 2. The van der Waals surface area contributed by atoms with Crippen molar-refractivity contribution in [1.82, 2.24) is 14.9 Å². The molecule has 146 valence electrons. The Balaban J connectivity index is 1.36. The lowest BCUT2D eigenvalue weighted by Crippen LogP contribution is -2.42. The Labute approximate surface area is 165 Å². The van der Waals surface area contributed by atoms with Crippen LogP contribution in [0.25, 0.3) is 0 Å². The smallest absolute Gasteiger partial charge is 0.213 e. The fourth-order valence-corrected chi connectivity index (χ4v) is 4.78. The molecule has 1 saturated heterocycles. The third kappa shape index (κ3) is 5.06. The zero-order chi connectivity index (χ0) is 18.5. The van der Waals surface area contributed by atoms with E-state index in [1.54, 1.807) is 11.3 Å². The molecular formula is C21H29N3O2S. The molecule has 6 heteroatoms. The van der Waals surface area contributed by atoms with Crippen LogP contribution in [0.5, 0.6) is 5.88 Å². The molecule has 5 nitrogen and oxygen atoms in total. The quantitative estimate of drug-likeness (QED) is 0.783. The van der Waals surface area contributed by atoms with E-state index in [-0.39, 0.29) is 0 Å². The summed E-state index contributed by atoms with van der Waals surface area (Å²) in [4.78, 5) is 11.8. The third-order valence-electron chi connectivity index (χ3n) is 5.78. The Morgan fingerprint density at radius 1 is 1.15 bits per heavy atom. The summed E-state index contributed by atoms with van der Waals surface area (Å²) in [6, 6.07) is 6.08. The predicted octanol–water partition coefficient (Wildman–Crippen LogP) is 3.86. The highest BCUT2D eigenvalue weighted by atomic mass is 32.1. The van der Waals surface area contributed by atoms with Gasteiger partial charge in [0.15, 0.2) is 0 Å². The minimum Gasteiger partial charge on any atom is -0.475 e. The average Bonchev–Trinajstić information content (AvgIpc) is 3.08. The molecule has 0 radical (unpaired) electrons. The highest BCUT2D eigenvalue weighted by Gasteiger charge is 2.34. The van der Waals surface area contributed by atoms with Crippen LogP contribution >= 0.6 is 11.3 Å². The maximum absolute atomic E-state index is 6.05. The van der Waals surface area contributed by atoms with Gasteiger partial charge in [-0.1, -0.05) is 6.07 Å². The molecule has 0 saturated carbocycles. The van der Waals surface area contributed by atoms with Gasteiger partial charge in [0, 0.05) is 23.7 Å². The van der Waals surface area contributed by atoms with Crippen LogP contribution in [0.2, 0.25) is 0 Å². The summed E-state index contributed by atoms with van der Waals surface area (Å²) in [7, 11) is 0. The van der Waals surface area contributed by atoms with E-state index < -0.39 is 0 Å². The molecule has 2 aliphatic rings. The second kappa shape index (κ2) is 8.67. The molecule has 2 aromatic heterocycles. The van der Waals surface area contributed by atoms with E-state index in [4.69, 9.17) is 9.47 Å². The second-order valence-electron chi connectivity index (χ2n) is 7.86. The molecular weight excluding hydrogens is 358 g/mol. The molecule has 27 heavy (non-hydrogen) atoms. The zero-order valence-corrected chi connectivity index (χ0v) is 17.0. The Morgan fingerprint density at radius 2 is 2.04 bits per heavy atom. The van der Waals surface area contributed by atoms with Gasteiger partial charge in [0.2, 0.25) is 5.88 Å². The van der Waals surface area contributed by atoms with E-state index in [1.165, 1.54) is 25.0 Å². The van der Waals surface area contributed by atoms with E-state index >= 15 is 0 Å². The van der Waals surface area contributed by atoms with Gasteiger partial charge in [-0.05, 0) is 63.6 Å². The highest BCUT2D eigenvalue weighted by Crippen LogP contribution is 2.37. The minimum atomic E-state index is 0.297. The third-order valence-corrected chi connectivity index (χ3v) is 6.60. The topological polar surface area (TPSA) is 47.5 Å². The van der Waals surface area contributed by atoms with Gasteiger partial charge in [0.05, 0.1) is 23.9 Å². The van der Waals surface area contributed by atoms with Crippen LogP contribution in [-0.4, -0.2) is 47.8 Å². The molecule has 0 atom stereocenters. The second-order valence-corrected chi connectivity index (χ2v) is 8.92. The first-order valence-corrected chi connectivity index (χ1v) is 10.9. The fraction of sp³-hybridized carbons (Fsp3) is 0.619. The normalized spacial score (nSPS) is 21.2. The van der Waals surface area contributed by atoms with E-state index in [9.17, 15) is 0 Å². The standard InChI is InChI=1S/C21H29N3O2S/c1-17-22-19(15-27-17)14-24-10-8-21(9-11-24)7-3-5-18-4-2-6-20(23-18)26-13-12-25-16-21/h2,4,6,15H,3,5,7-14,16H2,1H3. The van der Waals surface area contributed by atoms with Crippen molar-refractivity contribution in [3.05, 3.63) is 40.0 Å². The molecule has 1 fully saturated rings. The van der Waals surface area contributed by atoms with Crippen molar-refractivity contribution in [2.75, 3.05) is 32.9 Å². The lowest BCUT2D eigenvalue weighted by Gasteiger charge is -2.42. The van der Waals surface area contributed by atoms with Gasteiger partial charge in [-0.25, -0.2) is 9.97 Å². The molecule has 0 aromatic carbocycles. The Kier molecular flexibility index (Phi) is 6.05. The van der Waals surface area contributed by atoms with Gasteiger partial charge in [-0.15, -0.1) is 11.3 Å². The monoisotopic (exact) mass is 387 g/mol. The summed E-state index contributed by atoms with van der Waals surface area (Å²) in [6.07, 6.45) is 5.78. The number of nitrogens with zero attached hydrogens (tertiary/aromatic N) is 3. The SMILES string of the molecule is Cc1nc(CN2CCC3(CCCc4cccc(n4)OCCOC3)CC2)cs1. The number of rotatable bonds is 2. The molecule has 2 bridgehead atoms. The van der Waals surface area contributed by atoms with Gasteiger partial charge in [-0.3, -0.25) is 4.90 Å². The van der Waals surface area contributed by atoms with Crippen molar-refractivity contribution in [3.8, 4) is 5.88 Å². The minimum absolute atomic E-state index is 0.297. The van der Waals surface area contributed by atoms with Crippen molar-refractivity contribution in [2.45, 2.75) is 45.6 Å². The van der Waals surface area contributed by atoms with Crippen molar-refractivity contribution in [3.63, 3.8) is 0 Å². The van der Waals surface area contributed by atoms with Crippen molar-refractivity contribution < 1.29 is 9.47 Å². The van der Waals surface area contributed by atoms with Crippen LogP contribution < -0.4 is 4.74 Å². The summed E-state index contributed by atoms with van der Waals surface area (Å²) >= 11 is 1.74. The number of piperidine rings is 1. The maximum Gasteiger partial charge on any atom is 0.213 e. The summed E-state index contributed by atoms with van der Waals surface area (Å²) in [6.45, 7) is 7.37. The molecule has 0 aliphatic carbocycles. The van der Waals surface area contributed by atoms with E-state index in [1.807, 2.05) is 12.1 Å². The van der Waals surface area contributed by atoms with Crippen LogP contribution in [0.1, 0.15) is 42.1 Å². The van der Waals surface area contributed by atoms with Crippen molar-refractivity contribution in [2.24, 2.45) is 5.41 Å². The molecule has 4 rings (SSSR count). The summed E-state index contributed by atoms with van der Waals surface area (Å²) in [5.74, 6) is 0.719. The van der Waals surface area contributed by atoms with Gasteiger partial charge >= 0.3 is 0 Å².